The minimum atomic E-state index is 1.03. The SMILES string of the molecule is C1=CC=Cc2nc3ccccc3cc2C=C1. The molecule has 1 nitrogen and oxygen atoms in total. The number of aromatic nitrogens is 1. The van der Waals surface area contributed by atoms with Crippen LogP contribution in [0.25, 0.3) is 23.1 Å². The molecule has 1 aliphatic rings. The van der Waals surface area contributed by atoms with Crippen LogP contribution < -0.4 is 0 Å². The minimum Gasteiger partial charge on any atom is -0.248 e. The molecule has 0 saturated heterocycles. The molecule has 0 bridgehead atoms. The highest BCUT2D eigenvalue weighted by Gasteiger charge is 2.01. The van der Waals surface area contributed by atoms with Gasteiger partial charge in [-0.15, -0.1) is 0 Å². The number of para-hydroxylation sites is 1. The van der Waals surface area contributed by atoms with Crippen molar-refractivity contribution in [1.29, 1.82) is 0 Å². The number of allylic oxidation sites excluding steroid dienone is 4. The molecule has 1 aliphatic carbocycles. The third-order valence-electron chi connectivity index (χ3n) is 2.65. The van der Waals surface area contributed by atoms with Crippen LogP contribution in [0.4, 0.5) is 0 Å². The molecule has 0 aliphatic heterocycles. The van der Waals surface area contributed by atoms with E-state index in [2.05, 4.69) is 23.2 Å². The van der Waals surface area contributed by atoms with E-state index in [9.17, 15) is 0 Å². The van der Waals surface area contributed by atoms with Gasteiger partial charge < -0.3 is 0 Å². The van der Waals surface area contributed by atoms with Gasteiger partial charge in [-0.1, -0.05) is 48.6 Å². The van der Waals surface area contributed by atoms with E-state index in [-0.39, 0.29) is 0 Å². The lowest BCUT2D eigenvalue weighted by Crippen LogP contribution is -1.89. The normalized spacial score (nSPS) is 13.5. The molecule has 1 heterocycles. The van der Waals surface area contributed by atoms with Gasteiger partial charge in [0.1, 0.15) is 0 Å². The fraction of sp³-hybridized carbons (Fsp3) is 0. The summed E-state index contributed by atoms with van der Waals surface area (Å²) in [5.74, 6) is 0. The van der Waals surface area contributed by atoms with Crippen molar-refractivity contribution < 1.29 is 0 Å². The summed E-state index contributed by atoms with van der Waals surface area (Å²) >= 11 is 0. The summed E-state index contributed by atoms with van der Waals surface area (Å²) in [6, 6.07) is 10.4. The average molecular weight is 205 g/mol. The number of pyridine rings is 1. The maximum absolute atomic E-state index is 4.65. The average Bonchev–Trinajstić information content (AvgIpc) is 2.29. The topological polar surface area (TPSA) is 12.9 Å². The van der Waals surface area contributed by atoms with E-state index in [1.165, 1.54) is 10.9 Å². The van der Waals surface area contributed by atoms with Crippen molar-refractivity contribution in [2.45, 2.75) is 0 Å². The first-order chi connectivity index (χ1) is 7.93. The van der Waals surface area contributed by atoms with E-state index in [1.807, 2.05) is 48.6 Å². The van der Waals surface area contributed by atoms with Gasteiger partial charge in [0, 0.05) is 10.9 Å². The van der Waals surface area contributed by atoms with Crippen LogP contribution in [0, 0.1) is 0 Å². The Hall–Kier alpha value is -2.15. The number of hydrogen-bond donors (Lipinski definition) is 0. The Morgan fingerprint density at radius 2 is 1.62 bits per heavy atom. The third kappa shape index (κ3) is 1.57. The van der Waals surface area contributed by atoms with Crippen molar-refractivity contribution >= 4 is 23.1 Å². The highest BCUT2D eigenvalue weighted by atomic mass is 14.7. The van der Waals surface area contributed by atoms with E-state index in [4.69, 9.17) is 0 Å². The van der Waals surface area contributed by atoms with Crippen LogP contribution in [-0.4, -0.2) is 4.98 Å². The molecule has 1 heteroatoms. The molecule has 0 spiro atoms. The molecule has 0 saturated carbocycles. The zero-order chi connectivity index (χ0) is 10.8. The van der Waals surface area contributed by atoms with Gasteiger partial charge in [0.2, 0.25) is 0 Å². The Bertz CT molecular complexity index is 564. The van der Waals surface area contributed by atoms with Crippen molar-refractivity contribution in [3.05, 3.63) is 65.9 Å². The monoisotopic (exact) mass is 205 g/mol. The summed E-state index contributed by atoms with van der Waals surface area (Å²) in [4.78, 5) is 4.65. The van der Waals surface area contributed by atoms with E-state index >= 15 is 0 Å². The van der Waals surface area contributed by atoms with Crippen molar-refractivity contribution in [1.82, 2.24) is 4.98 Å². The molecule has 0 fully saturated rings. The fourth-order valence-electron chi connectivity index (χ4n) is 1.85. The predicted molar refractivity (Wildman–Crippen MR) is 69.0 cm³/mol. The molecule has 2 aromatic rings. The number of fused-ring (bicyclic) bond motifs is 2. The van der Waals surface area contributed by atoms with Crippen LogP contribution in [0.1, 0.15) is 11.3 Å². The molecule has 0 amide bonds. The molecule has 76 valence electrons. The summed E-state index contributed by atoms with van der Waals surface area (Å²) in [5.41, 5.74) is 3.24. The number of hydrogen-bond acceptors (Lipinski definition) is 1. The van der Waals surface area contributed by atoms with Gasteiger partial charge in [0.15, 0.2) is 0 Å². The first kappa shape index (κ1) is 9.10. The first-order valence-corrected chi connectivity index (χ1v) is 5.35. The summed E-state index contributed by atoms with van der Waals surface area (Å²) in [6.45, 7) is 0. The third-order valence-corrected chi connectivity index (χ3v) is 2.65. The lowest BCUT2D eigenvalue weighted by molar-refractivity contribution is 1.35. The molecule has 1 aromatic carbocycles. The molecule has 16 heavy (non-hydrogen) atoms. The smallest absolute Gasteiger partial charge is 0.0709 e. The van der Waals surface area contributed by atoms with Crippen LogP contribution in [0.5, 0.6) is 0 Å². The van der Waals surface area contributed by atoms with Crippen LogP contribution in [0.3, 0.4) is 0 Å². The zero-order valence-electron chi connectivity index (χ0n) is 8.80. The second-order valence-electron chi connectivity index (χ2n) is 3.76. The summed E-state index contributed by atoms with van der Waals surface area (Å²) in [5, 5.41) is 1.18. The van der Waals surface area contributed by atoms with Crippen molar-refractivity contribution in [3.8, 4) is 0 Å². The Morgan fingerprint density at radius 3 is 2.56 bits per heavy atom. The first-order valence-electron chi connectivity index (χ1n) is 5.35. The van der Waals surface area contributed by atoms with E-state index in [1.54, 1.807) is 0 Å². The summed E-state index contributed by atoms with van der Waals surface area (Å²) < 4.78 is 0. The predicted octanol–water partition coefficient (Wildman–Crippen LogP) is 3.83. The van der Waals surface area contributed by atoms with Crippen molar-refractivity contribution in [2.75, 3.05) is 0 Å². The maximum Gasteiger partial charge on any atom is 0.0709 e. The Balaban J connectivity index is 2.31. The summed E-state index contributed by atoms with van der Waals surface area (Å²) in [7, 11) is 0. The van der Waals surface area contributed by atoms with Crippen LogP contribution in [-0.2, 0) is 0 Å². The number of benzene rings is 1. The minimum absolute atomic E-state index is 1.03. The Labute approximate surface area is 94.4 Å². The van der Waals surface area contributed by atoms with E-state index in [0.29, 0.717) is 0 Å². The number of rotatable bonds is 0. The molecule has 1 aromatic heterocycles. The second kappa shape index (κ2) is 3.78. The lowest BCUT2D eigenvalue weighted by Gasteiger charge is -2.04. The maximum atomic E-state index is 4.65. The second-order valence-corrected chi connectivity index (χ2v) is 3.76. The molecular weight excluding hydrogens is 194 g/mol. The standard InChI is InChI=1S/C15H11N/c1-2-4-9-14-12(7-3-1)11-13-8-5-6-10-15(13)16-14/h1-11H. The van der Waals surface area contributed by atoms with Crippen molar-refractivity contribution in [3.63, 3.8) is 0 Å². The van der Waals surface area contributed by atoms with Gasteiger partial charge in [-0.3, -0.25) is 0 Å². The largest absolute Gasteiger partial charge is 0.248 e. The van der Waals surface area contributed by atoms with E-state index < -0.39 is 0 Å². The van der Waals surface area contributed by atoms with Gasteiger partial charge in [0.05, 0.1) is 11.2 Å². The molecule has 3 rings (SSSR count). The summed E-state index contributed by atoms with van der Waals surface area (Å²) in [6.07, 6.45) is 12.2. The Kier molecular flexibility index (Phi) is 2.15. The van der Waals surface area contributed by atoms with Crippen LogP contribution >= 0.6 is 0 Å². The van der Waals surface area contributed by atoms with Gasteiger partial charge in [0.25, 0.3) is 0 Å². The van der Waals surface area contributed by atoms with Gasteiger partial charge >= 0.3 is 0 Å². The highest BCUT2D eigenvalue weighted by molar-refractivity contribution is 5.83. The van der Waals surface area contributed by atoms with Gasteiger partial charge in [-0.05, 0) is 18.2 Å². The molecule has 0 unspecified atom stereocenters. The van der Waals surface area contributed by atoms with Crippen LogP contribution in [0.2, 0.25) is 0 Å². The number of nitrogens with zero attached hydrogens (tertiary/aromatic N) is 1. The van der Waals surface area contributed by atoms with Crippen molar-refractivity contribution in [2.24, 2.45) is 0 Å². The van der Waals surface area contributed by atoms with Crippen LogP contribution in [0.15, 0.2) is 54.6 Å². The molecule has 0 atom stereocenters. The van der Waals surface area contributed by atoms with Gasteiger partial charge in [-0.25, -0.2) is 4.98 Å². The van der Waals surface area contributed by atoms with Gasteiger partial charge in [-0.2, -0.15) is 0 Å². The quantitative estimate of drug-likeness (QED) is 0.637. The molecular formula is C15H11N. The lowest BCUT2D eigenvalue weighted by atomic mass is 10.1. The van der Waals surface area contributed by atoms with E-state index in [0.717, 1.165) is 11.2 Å². The molecule has 0 N–H and O–H groups in total. The highest BCUT2D eigenvalue weighted by Crippen LogP contribution is 2.19. The Morgan fingerprint density at radius 1 is 0.812 bits per heavy atom. The molecule has 0 radical (unpaired) electrons. The fourth-order valence-corrected chi connectivity index (χ4v) is 1.85. The zero-order valence-corrected chi connectivity index (χ0v) is 8.80.